The van der Waals surface area contributed by atoms with Crippen molar-refractivity contribution in [2.75, 3.05) is 5.32 Å². The van der Waals surface area contributed by atoms with Crippen molar-refractivity contribution >= 4 is 11.7 Å². The lowest BCUT2D eigenvalue weighted by molar-refractivity contribution is 0.249. The lowest BCUT2D eigenvalue weighted by Crippen LogP contribution is -2.31. The fourth-order valence-electron chi connectivity index (χ4n) is 2.38. The molecule has 1 aromatic carbocycles. The van der Waals surface area contributed by atoms with E-state index in [4.69, 9.17) is 4.74 Å². The lowest BCUT2D eigenvalue weighted by Gasteiger charge is -2.15. The van der Waals surface area contributed by atoms with Crippen molar-refractivity contribution in [1.29, 1.82) is 0 Å². The summed E-state index contributed by atoms with van der Waals surface area (Å²) in [7, 11) is 0. The first-order chi connectivity index (χ1) is 12.7. The number of pyridine rings is 2. The number of urea groups is 1. The van der Waals surface area contributed by atoms with Crippen molar-refractivity contribution in [3.05, 3.63) is 84.4 Å². The predicted molar refractivity (Wildman–Crippen MR) is 99.8 cm³/mol. The Bertz CT molecular complexity index is 823. The summed E-state index contributed by atoms with van der Waals surface area (Å²) in [6.45, 7) is 2.37. The molecule has 0 spiro atoms. The monoisotopic (exact) mass is 348 g/mol. The van der Waals surface area contributed by atoms with Crippen LogP contribution in [0.1, 0.15) is 24.1 Å². The van der Waals surface area contributed by atoms with E-state index in [1.807, 2.05) is 43.3 Å². The Morgan fingerprint density at radius 1 is 1.04 bits per heavy atom. The predicted octanol–water partition coefficient (Wildman–Crippen LogP) is 3.94. The van der Waals surface area contributed by atoms with Crippen molar-refractivity contribution in [3.8, 4) is 5.75 Å². The van der Waals surface area contributed by atoms with E-state index in [0.717, 1.165) is 16.9 Å². The van der Waals surface area contributed by atoms with Gasteiger partial charge in [-0.2, -0.15) is 0 Å². The number of carbonyl (C=O) groups excluding carboxylic acids is 1. The van der Waals surface area contributed by atoms with E-state index in [-0.39, 0.29) is 12.1 Å². The molecular weight excluding hydrogens is 328 g/mol. The number of carbonyl (C=O) groups is 1. The zero-order valence-electron chi connectivity index (χ0n) is 14.4. The molecule has 26 heavy (non-hydrogen) atoms. The number of hydrogen-bond acceptors (Lipinski definition) is 4. The van der Waals surface area contributed by atoms with Gasteiger partial charge in [-0.25, -0.2) is 4.79 Å². The van der Waals surface area contributed by atoms with Crippen LogP contribution in [0.15, 0.2) is 73.3 Å². The Kier molecular flexibility index (Phi) is 5.77. The van der Waals surface area contributed by atoms with Crippen molar-refractivity contribution in [3.63, 3.8) is 0 Å². The summed E-state index contributed by atoms with van der Waals surface area (Å²) < 4.78 is 5.70. The average molecular weight is 348 g/mol. The van der Waals surface area contributed by atoms with Gasteiger partial charge in [0.1, 0.15) is 12.4 Å². The summed E-state index contributed by atoms with van der Waals surface area (Å²) in [5.74, 6) is 0.727. The van der Waals surface area contributed by atoms with Crippen molar-refractivity contribution in [2.24, 2.45) is 0 Å². The molecule has 2 amide bonds. The number of amides is 2. The number of rotatable bonds is 6. The molecule has 0 saturated heterocycles. The number of benzene rings is 1. The number of ether oxygens (including phenoxy) is 1. The van der Waals surface area contributed by atoms with Crippen LogP contribution in [0.3, 0.4) is 0 Å². The summed E-state index contributed by atoms with van der Waals surface area (Å²) in [6.07, 6.45) is 6.90. The Balaban J connectivity index is 1.50. The maximum absolute atomic E-state index is 12.1. The molecule has 6 nitrogen and oxygen atoms in total. The highest BCUT2D eigenvalue weighted by atomic mass is 16.5. The van der Waals surface area contributed by atoms with Gasteiger partial charge in [-0.3, -0.25) is 9.97 Å². The van der Waals surface area contributed by atoms with Gasteiger partial charge in [-0.15, -0.1) is 0 Å². The lowest BCUT2D eigenvalue weighted by atomic mass is 10.1. The van der Waals surface area contributed by atoms with Gasteiger partial charge in [0.15, 0.2) is 0 Å². The normalized spacial score (nSPS) is 11.4. The van der Waals surface area contributed by atoms with Crippen LogP contribution in [0.2, 0.25) is 0 Å². The van der Waals surface area contributed by atoms with Crippen molar-refractivity contribution in [2.45, 2.75) is 19.6 Å². The van der Waals surface area contributed by atoms with Gasteiger partial charge in [0.2, 0.25) is 0 Å². The zero-order valence-corrected chi connectivity index (χ0v) is 14.4. The molecule has 132 valence electrons. The molecule has 3 rings (SSSR count). The molecule has 0 radical (unpaired) electrons. The van der Waals surface area contributed by atoms with E-state index in [0.29, 0.717) is 12.3 Å². The summed E-state index contributed by atoms with van der Waals surface area (Å²) in [5.41, 5.74) is 2.69. The van der Waals surface area contributed by atoms with Crippen LogP contribution in [-0.2, 0) is 6.61 Å². The van der Waals surface area contributed by atoms with Gasteiger partial charge in [-0.05, 0) is 55.0 Å². The number of aromatic nitrogens is 2. The zero-order chi connectivity index (χ0) is 18.2. The maximum Gasteiger partial charge on any atom is 0.319 e. The molecule has 0 aliphatic heterocycles. The van der Waals surface area contributed by atoms with E-state index in [1.165, 1.54) is 0 Å². The van der Waals surface area contributed by atoms with Gasteiger partial charge in [0, 0.05) is 36.0 Å². The topological polar surface area (TPSA) is 76.1 Å². The summed E-state index contributed by atoms with van der Waals surface area (Å²) >= 11 is 0. The molecule has 2 heterocycles. The molecule has 2 N–H and O–H groups in total. The molecule has 6 heteroatoms. The average Bonchev–Trinajstić information content (AvgIpc) is 2.69. The minimum Gasteiger partial charge on any atom is -0.489 e. The number of hydrogen-bond donors (Lipinski definition) is 2. The van der Waals surface area contributed by atoms with Crippen LogP contribution in [0.5, 0.6) is 5.75 Å². The van der Waals surface area contributed by atoms with Gasteiger partial charge in [-0.1, -0.05) is 6.07 Å². The van der Waals surface area contributed by atoms with E-state index >= 15 is 0 Å². The highest BCUT2D eigenvalue weighted by Crippen LogP contribution is 2.17. The highest BCUT2D eigenvalue weighted by molar-refractivity contribution is 5.89. The Morgan fingerprint density at radius 3 is 2.50 bits per heavy atom. The second kappa shape index (κ2) is 8.62. The highest BCUT2D eigenvalue weighted by Gasteiger charge is 2.09. The van der Waals surface area contributed by atoms with Crippen LogP contribution in [0.25, 0.3) is 0 Å². The van der Waals surface area contributed by atoms with Crippen LogP contribution in [0.4, 0.5) is 10.5 Å². The number of nitrogens with one attached hydrogen (secondary N) is 2. The van der Waals surface area contributed by atoms with E-state index in [9.17, 15) is 4.79 Å². The van der Waals surface area contributed by atoms with Crippen LogP contribution < -0.4 is 15.4 Å². The third-order valence-corrected chi connectivity index (χ3v) is 3.79. The molecule has 0 saturated carbocycles. The Hall–Kier alpha value is -3.41. The molecule has 0 aliphatic rings. The molecular formula is C20H20N4O2. The van der Waals surface area contributed by atoms with Gasteiger partial charge >= 0.3 is 6.03 Å². The molecule has 0 bridgehead atoms. The molecule has 1 atom stereocenters. The first kappa shape index (κ1) is 17.4. The first-order valence-corrected chi connectivity index (χ1v) is 8.30. The van der Waals surface area contributed by atoms with Crippen LogP contribution in [-0.4, -0.2) is 16.0 Å². The molecule has 0 fully saturated rings. The number of nitrogens with zero attached hydrogens (tertiary/aromatic N) is 2. The minimum absolute atomic E-state index is 0.111. The second-order valence-corrected chi connectivity index (χ2v) is 5.78. The Morgan fingerprint density at radius 2 is 1.81 bits per heavy atom. The van der Waals surface area contributed by atoms with Crippen LogP contribution >= 0.6 is 0 Å². The fourth-order valence-corrected chi connectivity index (χ4v) is 2.38. The molecule has 2 aromatic heterocycles. The SMILES string of the molecule is C[C@H](NC(=O)Nc1ccc(OCc2cccnc2)cc1)c1ccncc1. The largest absolute Gasteiger partial charge is 0.489 e. The fraction of sp³-hybridized carbons (Fsp3) is 0.150. The first-order valence-electron chi connectivity index (χ1n) is 8.30. The summed E-state index contributed by atoms with van der Waals surface area (Å²) in [4.78, 5) is 20.1. The van der Waals surface area contributed by atoms with E-state index in [1.54, 1.807) is 36.9 Å². The molecule has 3 aromatic rings. The second-order valence-electron chi connectivity index (χ2n) is 5.78. The minimum atomic E-state index is -0.265. The van der Waals surface area contributed by atoms with E-state index < -0.39 is 0 Å². The standard InChI is InChI=1S/C20H20N4O2/c1-15(17-8-11-21-12-9-17)23-20(25)24-18-4-6-19(7-5-18)26-14-16-3-2-10-22-13-16/h2-13,15H,14H2,1H3,(H2,23,24,25)/t15-/m0/s1. The van der Waals surface area contributed by atoms with Gasteiger partial charge in [0.25, 0.3) is 0 Å². The summed E-state index contributed by atoms with van der Waals surface area (Å²) in [6, 6.07) is 14.4. The van der Waals surface area contributed by atoms with Gasteiger partial charge in [0.05, 0.1) is 6.04 Å². The van der Waals surface area contributed by atoms with Gasteiger partial charge < -0.3 is 15.4 Å². The third-order valence-electron chi connectivity index (χ3n) is 3.79. The van der Waals surface area contributed by atoms with E-state index in [2.05, 4.69) is 20.6 Å². The smallest absolute Gasteiger partial charge is 0.319 e. The molecule has 0 aliphatic carbocycles. The Labute approximate surface area is 152 Å². The third kappa shape index (κ3) is 5.04. The summed E-state index contributed by atoms with van der Waals surface area (Å²) in [5, 5.41) is 5.70. The van der Waals surface area contributed by atoms with Crippen LogP contribution in [0, 0.1) is 0 Å². The van der Waals surface area contributed by atoms with Crippen molar-refractivity contribution < 1.29 is 9.53 Å². The van der Waals surface area contributed by atoms with Crippen molar-refractivity contribution in [1.82, 2.24) is 15.3 Å². The number of anilines is 1. The quantitative estimate of drug-likeness (QED) is 0.707. The molecule has 0 unspecified atom stereocenters. The maximum atomic E-state index is 12.1.